The van der Waals surface area contributed by atoms with Crippen LogP contribution in [0.25, 0.3) is 0 Å². The third-order valence-corrected chi connectivity index (χ3v) is 3.40. The average molecular weight is 346 g/mol. The van der Waals surface area contributed by atoms with Gasteiger partial charge in [-0.05, 0) is 24.6 Å². The highest BCUT2D eigenvalue weighted by atomic mass is 79.9. The van der Waals surface area contributed by atoms with Crippen LogP contribution in [0.5, 0.6) is 5.75 Å². The lowest BCUT2D eigenvalue weighted by atomic mass is 10.3. The van der Waals surface area contributed by atoms with E-state index in [9.17, 15) is 0 Å². The Morgan fingerprint density at radius 1 is 1.00 bits per heavy atom. The zero-order chi connectivity index (χ0) is 14.6. The first kappa shape index (κ1) is 17.4. The van der Waals surface area contributed by atoms with Gasteiger partial charge in [-0.1, -0.05) is 22.0 Å². The summed E-state index contributed by atoms with van der Waals surface area (Å²) in [4.78, 5) is 2.33. The first-order valence-electron chi connectivity index (χ1n) is 6.85. The predicted octanol–water partition coefficient (Wildman–Crippen LogP) is 2.81. The molecule has 0 heterocycles. The van der Waals surface area contributed by atoms with Crippen molar-refractivity contribution in [1.29, 1.82) is 0 Å². The monoisotopic (exact) mass is 345 g/mol. The van der Waals surface area contributed by atoms with Crippen molar-refractivity contribution in [2.24, 2.45) is 0 Å². The van der Waals surface area contributed by atoms with Gasteiger partial charge in [0, 0.05) is 44.9 Å². The summed E-state index contributed by atoms with van der Waals surface area (Å²) in [5, 5.41) is 0. The number of rotatable bonds is 11. The lowest BCUT2D eigenvalue weighted by Gasteiger charge is -2.21. The first-order valence-corrected chi connectivity index (χ1v) is 7.64. The molecule has 0 fully saturated rings. The third kappa shape index (κ3) is 7.85. The quantitative estimate of drug-likeness (QED) is 0.577. The number of ether oxygens (including phenoxy) is 3. The minimum atomic E-state index is 0.674. The molecule has 0 N–H and O–H groups in total. The minimum Gasteiger partial charge on any atom is -0.492 e. The Bertz CT molecular complexity index is 363. The molecule has 0 aliphatic heterocycles. The fourth-order valence-electron chi connectivity index (χ4n) is 1.84. The molecule has 0 aliphatic rings. The van der Waals surface area contributed by atoms with E-state index < -0.39 is 0 Å². The molecule has 0 aromatic heterocycles. The maximum Gasteiger partial charge on any atom is 0.120 e. The van der Waals surface area contributed by atoms with Crippen molar-refractivity contribution >= 4 is 15.9 Å². The predicted molar refractivity (Wildman–Crippen MR) is 84.4 cm³/mol. The van der Waals surface area contributed by atoms with E-state index in [1.165, 1.54) is 0 Å². The number of hydrogen-bond donors (Lipinski definition) is 0. The number of hydrogen-bond acceptors (Lipinski definition) is 4. The Hall–Kier alpha value is -0.620. The van der Waals surface area contributed by atoms with Gasteiger partial charge in [0.25, 0.3) is 0 Å². The van der Waals surface area contributed by atoms with Gasteiger partial charge in [0.1, 0.15) is 12.4 Å². The Balaban J connectivity index is 2.29. The van der Waals surface area contributed by atoms with Crippen LogP contribution in [0.1, 0.15) is 6.42 Å². The number of halogens is 1. The summed E-state index contributed by atoms with van der Waals surface area (Å²) in [6, 6.07) is 7.91. The van der Waals surface area contributed by atoms with Gasteiger partial charge in [-0.2, -0.15) is 0 Å². The molecule has 0 radical (unpaired) electrons. The van der Waals surface area contributed by atoms with E-state index >= 15 is 0 Å². The maximum atomic E-state index is 5.76. The maximum absolute atomic E-state index is 5.76. The van der Waals surface area contributed by atoms with Crippen LogP contribution in [0, 0.1) is 0 Å². The summed E-state index contributed by atoms with van der Waals surface area (Å²) in [5.74, 6) is 0.892. The highest BCUT2D eigenvalue weighted by Gasteiger charge is 2.05. The standard InChI is InChI=1S/C15H24BrNO3/c1-18-10-4-7-17(8-11-19-2)9-12-20-15-6-3-5-14(16)13-15/h3,5-6,13H,4,7-12H2,1-2H3. The molecule has 1 aromatic carbocycles. The van der Waals surface area contributed by atoms with Crippen LogP contribution in [-0.4, -0.2) is 58.6 Å². The van der Waals surface area contributed by atoms with Gasteiger partial charge < -0.3 is 14.2 Å². The zero-order valence-electron chi connectivity index (χ0n) is 12.3. The molecule has 20 heavy (non-hydrogen) atoms. The largest absolute Gasteiger partial charge is 0.492 e. The molecule has 0 amide bonds. The average Bonchev–Trinajstić information content (AvgIpc) is 2.44. The third-order valence-electron chi connectivity index (χ3n) is 2.91. The molecule has 5 heteroatoms. The fourth-order valence-corrected chi connectivity index (χ4v) is 2.22. The molecule has 0 unspecified atom stereocenters. The van der Waals surface area contributed by atoms with E-state index in [1.54, 1.807) is 14.2 Å². The van der Waals surface area contributed by atoms with Crippen LogP contribution in [0.4, 0.5) is 0 Å². The van der Waals surface area contributed by atoms with Crippen molar-refractivity contribution in [2.45, 2.75) is 6.42 Å². The van der Waals surface area contributed by atoms with Crippen LogP contribution in [0.2, 0.25) is 0 Å². The van der Waals surface area contributed by atoms with Crippen molar-refractivity contribution in [1.82, 2.24) is 4.90 Å². The van der Waals surface area contributed by atoms with Crippen molar-refractivity contribution in [3.8, 4) is 5.75 Å². The Labute approximate surface area is 130 Å². The van der Waals surface area contributed by atoms with Crippen LogP contribution in [0.15, 0.2) is 28.7 Å². The van der Waals surface area contributed by atoms with Gasteiger partial charge in [-0.3, -0.25) is 4.90 Å². The molecule has 0 saturated heterocycles. The second kappa shape index (κ2) is 11.1. The molecular formula is C15H24BrNO3. The molecule has 1 aromatic rings. The van der Waals surface area contributed by atoms with Gasteiger partial charge in [0.2, 0.25) is 0 Å². The van der Waals surface area contributed by atoms with Crippen molar-refractivity contribution < 1.29 is 14.2 Å². The van der Waals surface area contributed by atoms with E-state index in [1.807, 2.05) is 24.3 Å². The Morgan fingerprint density at radius 3 is 2.45 bits per heavy atom. The number of benzene rings is 1. The summed E-state index contributed by atoms with van der Waals surface area (Å²) in [5.41, 5.74) is 0. The Kier molecular flexibility index (Phi) is 9.66. The minimum absolute atomic E-state index is 0.674. The summed E-state index contributed by atoms with van der Waals surface area (Å²) in [7, 11) is 3.46. The van der Waals surface area contributed by atoms with Crippen LogP contribution >= 0.6 is 15.9 Å². The first-order chi connectivity index (χ1) is 9.76. The number of methoxy groups -OCH3 is 2. The van der Waals surface area contributed by atoms with E-state index in [-0.39, 0.29) is 0 Å². The summed E-state index contributed by atoms with van der Waals surface area (Å²) in [6.07, 6.45) is 1.02. The van der Waals surface area contributed by atoms with Gasteiger partial charge in [-0.25, -0.2) is 0 Å². The molecule has 114 valence electrons. The van der Waals surface area contributed by atoms with E-state index in [4.69, 9.17) is 14.2 Å². The Morgan fingerprint density at radius 2 is 1.75 bits per heavy atom. The van der Waals surface area contributed by atoms with E-state index in [0.717, 1.165) is 49.5 Å². The second-order valence-corrected chi connectivity index (χ2v) is 5.40. The van der Waals surface area contributed by atoms with Crippen molar-refractivity contribution in [3.05, 3.63) is 28.7 Å². The van der Waals surface area contributed by atoms with Crippen LogP contribution in [-0.2, 0) is 9.47 Å². The number of nitrogens with zero attached hydrogens (tertiary/aromatic N) is 1. The lowest BCUT2D eigenvalue weighted by Crippen LogP contribution is -2.33. The molecular weight excluding hydrogens is 322 g/mol. The molecule has 1 rings (SSSR count). The molecule has 0 bridgehead atoms. The van der Waals surface area contributed by atoms with E-state index in [0.29, 0.717) is 6.61 Å². The van der Waals surface area contributed by atoms with Gasteiger partial charge in [0.15, 0.2) is 0 Å². The molecule has 0 atom stereocenters. The summed E-state index contributed by atoms with van der Waals surface area (Å²) in [6.45, 7) is 5.01. The fraction of sp³-hybridized carbons (Fsp3) is 0.600. The zero-order valence-corrected chi connectivity index (χ0v) is 13.9. The summed E-state index contributed by atoms with van der Waals surface area (Å²) >= 11 is 3.44. The highest BCUT2D eigenvalue weighted by molar-refractivity contribution is 9.10. The van der Waals surface area contributed by atoms with E-state index in [2.05, 4.69) is 20.8 Å². The van der Waals surface area contributed by atoms with Gasteiger partial charge in [-0.15, -0.1) is 0 Å². The van der Waals surface area contributed by atoms with Crippen molar-refractivity contribution in [2.75, 3.05) is 53.7 Å². The molecule has 4 nitrogen and oxygen atoms in total. The van der Waals surface area contributed by atoms with Crippen molar-refractivity contribution in [3.63, 3.8) is 0 Å². The lowest BCUT2D eigenvalue weighted by molar-refractivity contribution is 0.121. The summed E-state index contributed by atoms with van der Waals surface area (Å²) < 4.78 is 17.0. The molecule has 0 spiro atoms. The van der Waals surface area contributed by atoms with Crippen LogP contribution in [0.3, 0.4) is 0 Å². The topological polar surface area (TPSA) is 30.9 Å². The van der Waals surface area contributed by atoms with Gasteiger partial charge >= 0.3 is 0 Å². The SMILES string of the molecule is COCCCN(CCOC)CCOc1cccc(Br)c1. The highest BCUT2D eigenvalue weighted by Crippen LogP contribution is 2.17. The normalized spacial score (nSPS) is 11.0. The molecule has 0 saturated carbocycles. The molecule has 0 aliphatic carbocycles. The smallest absolute Gasteiger partial charge is 0.120 e. The second-order valence-electron chi connectivity index (χ2n) is 4.49. The van der Waals surface area contributed by atoms with Gasteiger partial charge in [0.05, 0.1) is 6.61 Å². The van der Waals surface area contributed by atoms with Crippen LogP contribution < -0.4 is 4.74 Å².